The molecule has 1 aliphatic heterocycles. The molecule has 0 saturated heterocycles. The Bertz CT molecular complexity index is 426. The minimum Gasteiger partial charge on any atom is -0.338 e. The first-order valence-electron chi connectivity index (χ1n) is 5.42. The molecule has 0 unspecified atom stereocenters. The molecule has 1 aromatic heterocycles. The van der Waals surface area contributed by atoms with E-state index in [2.05, 4.69) is 30.3 Å². The van der Waals surface area contributed by atoms with Crippen molar-refractivity contribution in [3.05, 3.63) is 18.3 Å². The number of hydrogen-bond acceptors (Lipinski definition) is 3. The average molecular weight is 218 g/mol. The lowest BCUT2D eigenvalue weighted by Gasteiger charge is -2.45. The van der Waals surface area contributed by atoms with Gasteiger partial charge < -0.3 is 10.2 Å². The van der Waals surface area contributed by atoms with E-state index >= 15 is 0 Å². The number of rotatable bonds is 1. The SMILES string of the molecule is CC(C)N1c2n[c]ccc2NC(=O)C1(C)C. The zero-order valence-corrected chi connectivity index (χ0v) is 10.0. The second-order valence-corrected chi connectivity index (χ2v) is 4.79. The predicted molar refractivity (Wildman–Crippen MR) is 63.4 cm³/mol. The molecule has 4 nitrogen and oxygen atoms in total. The van der Waals surface area contributed by atoms with Crippen molar-refractivity contribution in [1.29, 1.82) is 0 Å². The van der Waals surface area contributed by atoms with Crippen LogP contribution in [0.4, 0.5) is 11.5 Å². The van der Waals surface area contributed by atoms with Gasteiger partial charge in [0.2, 0.25) is 5.91 Å². The number of aromatic nitrogens is 1. The minimum atomic E-state index is -0.580. The van der Waals surface area contributed by atoms with Crippen LogP contribution in [0.15, 0.2) is 12.1 Å². The molecule has 1 N–H and O–H groups in total. The topological polar surface area (TPSA) is 45.2 Å². The molecular weight excluding hydrogens is 202 g/mol. The highest BCUT2D eigenvalue weighted by atomic mass is 16.2. The maximum atomic E-state index is 12.0. The van der Waals surface area contributed by atoms with E-state index in [9.17, 15) is 4.79 Å². The van der Waals surface area contributed by atoms with Crippen molar-refractivity contribution in [3.8, 4) is 0 Å². The summed E-state index contributed by atoms with van der Waals surface area (Å²) < 4.78 is 0. The largest absolute Gasteiger partial charge is 0.338 e. The van der Waals surface area contributed by atoms with Crippen LogP contribution in [-0.4, -0.2) is 22.5 Å². The van der Waals surface area contributed by atoms with Gasteiger partial charge in [-0.2, -0.15) is 0 Å². The maximum Gasteiger partial charge on any atom is 0.249 e. The minimum absolute atomic E-state index is 0.00157. The number of anilines is 2. The summed E-state index contributed by atoms with van der Waals surface area (Å²) in [5.41, 5.74) is 0.181. The zero-order valence-electron chi connectivity index (χ0n) is 10.0. The number of fused-ring (bicyclic) bond motifs is 1. The summed E-state index contributed by atoms with van der Waals surface area (Å²) in [6, 6.07) is 3.74. The average Bonchev–Trinajstić information content (AvgIpc) is 2.18. The van der Waals surface area contributed by atoms with Crippen LogP contribution in [0.25, 0.3) is 0 Å². The van der Waals surface area contributed by atoms with Gasteiger partial charge in [0.1, 0.15) is 5.54 Å². The fourth-order valence-corrected chi connectivity index (χ4v) is 2.17. The van der Waals surface area contributed by atoms with Crippen molar-refractivity contribution >= 4 is 17.4 Å². The number of nitrogens with one attached hydrogen (secondary N) is 1. The summed E-state index contributed by atoms with van der Waals surface area (Å²) >= 11 is 0. The standard InChI is InChI=1S/C12H16N3O/c1-8(2)15-10-9(6-5-7-13-10)14-11(16)12(15,3)4/h5-6,8H,1-4H3,(H,14,16). The maximum absolute atomic E-state index is 12.0. The van der Waals surface area contributed by atoms with Crippen LogP contribution >= 0.6 is 0 Å². The predicted octanol–water partition coefficient (Wildman–Crippen LogP) is 1.83. The molecule has 1 aromatic rings. The number of pyridine rings is 1. The molecule has 0 spiro atoms. The highest BCUT2D eigenvalue weighted by molar-refractivity contribution is 6.05. The Kier molecular flexibility index (Phi) is 2.37. The van der Waals surface area contributed by atoms with Crippen molar-refractivity contribution < 1.29 is 4.79 Å². The van der Waals surface area contributed by atoms with Gasteiger partial charge in [-0.3, -0.25) is 4.79 Å². The van der Waals surface area contributed by atoms with E-state index in [-0.39, 0.29) is 11.9 Å². The first-order valence-corrected chi connectivity index (χ1v) is 5.42. The van der Waals surface area contributed by atoms with Gasteiger partial charge in [0, 0.05) is 6.04 Å². The van der Waals surface area contributed by atoms with Crippen LogP contribution in [0.3, 0.4) is 0 Å². The highest BCUT2D eigenvalue weighted by Gasteiger charge is 2.42. The molecular formula is C12H16N3O. The van der Waals surface area contributed by atoms with Crippen LogP contribution in [0, 0.1) is 6.20 Å². The highest BCUT2D eigenvalue weighted by Crippen LogP contribution is 2.35. The van der Waals surface area contributed by atoms with E-state index < -0.39 is 5.54 Å². The molecule has 0 bridgehead atoms. The van der Waals surface area contributed by atoms with Crippen LogP contribution in [0.2, 0.25) is 0 Å². The second kappa shape index (κ2) is 3.47. The number of hydrogen-bond donors (Lipinski definition) is 1. The van der Waals surface area contributed by atoms with Gasteiger partial charge in [0.25, 0.3) is 0 Å². The number of amides is 1. The first kappa shape index (κ1) is 10.9. The van der Waals surface area contributed by atoms with Crippen molar-refractivity contribution in [2.24, 2.45) is 0 Å². The van der Waals surface area contributed by atoms with Gasteiger partial charge in [-0.25, -0.2) is 4.98 Å². The Labute approximate surface area is 95.7 Å². The van der Waals surface area contributed by atoms with Crippen LogP contribution in [0.1, 0.15) is 27.7 Å². The van der Waals surface area contributed by atoms with Gasteiger partial charge in [0.05, 0.1) is 11.9 Å². The van der Waals surface area contributed by atoms with Crippen LogP contribution < -0.4 is 10.2 Å². The number of carbonyl (C=O) groups is 1. The third-order valence-corrected chi connectivity index (χ3v) is 2.89. The third kappa shape index (κ3) is 1.45. The van der Waals surface area contributed by atoms with E-state index in [4.69, 9.17) is 0 Å². The molecule has 1 amide bonds. The van der Waals surface area contributed by atoms with E-state index in [0.29, 0.717) is 0 Å². The van der Waals surface area contributed by atoms with E-state index in [1.807, 2.05) is 24.8 Å². The molecule has 4 heteroatoms. The van der Waals surface area contributed by atoms with Gasteiger partial charge in [-0.05, 0) is 39.8 Å². The van der Waals surface area contributed by atoms with E-state index in [1.54, 1.807) is 6.07 Å². The lowest BCUT2D eigenvalue weighted by atomic mass is 9.96. The molecule has 1 aliphatic rings. The number of carbonyl (C=O) groups excluding carboxylic acids is 1. The summed E-state index contributed by atoms with van der Waals surface area (Å²) in [6.07, 6.45) is 2.82. The van der Waals surface area contributed by atoms with Crippen molar-refractivity contribution in [3.63, 3.8) is 0 Å². The lowest BCUT2D eigenvalue weighted by Crippen LogP contribution is -2.58. The third-order valence-electron chi connectivity index (χ3n) is 2.89. The van der Waals surface area contributed by atoms with Crippen LogP contribution in [-0.2, 0) is 4.79 Å². The molecule has 0 saturated carbocycles. The monoisotopic (exact) mass is 218 g/mol. The first-order chi connectivity index (χ1) is 7.44. The van der Waals surface area contributed by atoms with Crippen molar-refractivity contribution in [2.45, 2.75) is 39.3 Å². The Morgan fingerprint density at radius 3 is 2.81 bits per heavy atom. The molecule has 1 radical (unpaired) electrons. The second-order valence-electron chi connectivity index (χ2n) is 4.79. The summed E-state index contributed by atoms with van der Waals surface area (Å²) in [6.45, 7) is 7.91. The molecule has 0 fully saturated rings. The molecule has 0 atom stereocenters. The molecule has 0 aliphatic carbocycles. The molecule has 16 heavy (non-hydrogen) atoms. The molecule has 2 heterocycles. The van der Waals surface area contributed by atoms with E-state index in [1.165, 1.54) is 0 Å². The normalized spacial score (nSPS) is 18.3. The summed E-state index contributed by atoms with van der Waals surface area (Å²) in [4.78, 5) is 18.3. The zero-order chi connectivity index (χ0) is 11.9. The Hall–Kier alpha value is -1.58. The molecule has 85 valence electrons. The fraction of sp³-hybridized carbons (Fsp3) is 0.500. The van der Waals surface area contributed by atoms with E-state index in [0.717, 1.165) is 11.5 Å². The van der Waals surface area contributed by atoms with Crippen molar-refractivity contribution in [1.82, 2.24) is 4.98 Å². The van der Waals surface area contributed by atoms with Gasteiger partial charge in [-0.15, -0.1) is 0 Å². The fourth-order valence-electron chi connectivity index (χ4n) is 2.17. The molecule has 0 aromatic carbocycles. The Morgan fingerprint density at radius 2 is 2.19 bits per heavy atom. The lowest BCUT2D eigenvalue weighted by molar-refractivity contribution is -0.120. The van der Waals surface area contributed by atoms with Gasteiger partial charge in [0.15, 0.2) is 5.82 Å². The summed E-state index contributed by atoms with van der Waals surface area (Å²) in [5, 5.41) is 2.87. The Morgan fingerprint density at radius 1 is 1.50 bits per heavy atom. The van der Waals surface area contributed by atoms with Gasteiger partial charge >= 0.3 is 0 Å². The van der Waals surface area contributed by atoms with Crippen molar-refractivity contribution in [2.75, 3.05) is 10.2 Å². The van der Waals surface area contributed by atoms with Gasteiger partial charge in [-0.1, -0.05) is 0 Å². The Balaban J connectivity index is 2.58. The number of nitrogens with zero attached hydrogens (tertiary/aromatic N) is 2. The molecule has 2 rings (SSSR count). The summed E-state index contributed by atoms with van der Waals surface area (Å²) in [5.74, 6) is 0.795. The summed E-state index contributed by atoms with van der Waals surface area (Å²) in [7, 11) is 0. The van der Waals surface area contributed by atoms with Crippen LogP contribution in [0.5, 0.6) is 0 Å². The smallest absolute Gasteiger partial charge is 0.249 e. The quantitative estimate of drug-likeness (QED) is 0.782.